The summed E-state index contributed by atoms with van der Waals surface area (Å²) in [4.78, 5) is 11.7. The number of aliphatic hydroxyl groups is 2. The van der Waals surface area contributed by atoms with E-state index in [4.69, 9.17) is 10.2 Å². The minimum absolute atomic E-state index is 0.129. The normalized spacial score (nSPS) is 26.7. The summed E-state index contributed by atoms with van der Waals surface area (Å²) in [5.74, 6) is 0.173. The van der Waals surface area contributed by atoms with Crippen molar-refractivity contribution in [1.29, 1.82) is 0 Å². The highest BCUT2D eigenvalue weighted by molar-refractivity contribution is 5.82. The van der Waals surface area contributed by atoms with E-state index < -0.39 is 6.04 Å². The predicted octanol–water partition coefficient (Wildman–Crippen LogP) is -1.16. The van der Waals surface area contributed by atoms with Gasteiger partial charge >= 0.3 is 0 Å². The van der Waals surface area contributed by atoms with Gasteiger partial charge in [0.25, 0.3) is 0 Å². The molecule has 15 heavy (non-hydrogen) atoms. The fraction of sp³-hybridized carbons (Fsp3) is 0.900. The van der Waals surface area contributed by atoms with E-state index in [9.17, 15) is 4.79 Å². The third kappa shape index (κ3) is 3.44. The molecule has 0 aromatic heterocycles. The second kappa shape index (κ2) is 6.05. The van der Waals surface area contributed by atoms with E-state index in [1.54, 1.807) is 0 Å². The first-order valence-electron chi connectivity index (χ1n) is 5.44. The Morgan fingerprint density at radius 2 is 2.20 bits per heavy atom. The van der Waals surface area contributed by atoms with Crippen LogP contribution in [0.15, 0.2) is 0 Å². The van der Waals surface area contributed by atoms with Crippen LogP contribution < -0.4 is 10.6 Å². The topological polar surface area (TPSA) is 81.6 Å². The third-order valence-corrected chi connectivity index (χ3v) is 2.84. The number of carbonyl (C=O) groups excluding carboxylic acids is 1. The predicted molar refractivity (Wildman–Crippen MR) is 56.3 cm³/mol. The van der Waals surface area contributed by atoms with E-state index >= 15 is 0 Å². The number of piperidine rings is 1. The standard InChI is InChI=1S/C10H20N2O3/c1-7-3-2-4-11-9(7)10(15)12-8(5-13)6-14/h7-9,11,13-14H,2-6H2,1H3,(H,12,15). The summed E-state index contributed by atoms with van der Waals surface area (Å²) in [6.07, 6.45) is 2.13. The number of aliphatic hydroxyl groups excluding tert-OH is 2. The third-order valence-electron chi connectivity index (χ3n) is 2.84. The first-order valence-corrected chi connectivity index (χ1v) is 5.44. The fourth-order valence-corrected chi connectivity index (χ4v) is 1.84. The van der Waals surface area contributed by atoms with Crippen molar-refractivity contribution in [2.45, 2.75) is 31.8 Å². The van der Waals surface area contributed by atoms with Gasteiger partial charge in [-0.1, -0.05) is 6.92 Å². The van der Waals surface area contributed by atoms with Gasteiger partial charge in [-0.25, -0.2) is 0 Å². The zero-order chi connectivity index (χ0) is 11.3. The molecular formula is C10H20N2O3. The second-order valence-electron chi connectivity index (χ2n) is 4.12. The summed E-state index contributed by atoms with van der Waals surface area (Å²) in [5, 5.41) is 23.5. The number of hydrogen-bond acceptors (Lipinski definition) is 4. The summed E-state index contributed by atoms with van der Waals surface area (Å²) in [6, 6.07) is -0.743. The lowest BCUT2D eigenvalue weighted by Crippen LogP contribution is -2.54. The quantitative estimate of drug-likeness (QED) is 0.478. The van der Waals surface area contributed by atoms with E-state index in [0.29, 0.717) is 5.92 Å². The smallest absolute Gasteiger partial charge is 0.237 e. The van der Waals surface area contributed by atoms with Crippen LogP contribution in [0.3, 0.4) is 0 Å². The van der Waals surface area contributed by atoms with Crippen LogP contribution in [0.1, 0.15) is 19.8 Å². The number of rotatable bonds is 4. The van der Waals surface area contributed by atoms with Gasteiger partial charge in [-0.3, -0.25) is 4.79 Å². The molecule has 5 heteroatoms. The van der Waals surface area contributed by atoms with Gasteiger partial charge in [-0.15, -0.1) is 0 Å². The Morgan fingerprint density at radius 3 is 2.73 bits per heavy atom. The maximum absolute atomic E-state index is 11.7. The van der Waals surface area contributed by atoms with E-state index in [2.05, 4.69) is 10.6 Å². The van der Waals surface area contributed by atoms with Crippen LogP contribution in [-0.4, -0.2) is 48.0 Å². The van der Waals surface area contributed by atoms with E-state index in [1.165, 1.54) is 0 Å². The van der Waals surface area contributed by atoms with Crippen molar-refractivity contribution in [2.24, 2.45) is 5.92 Å². The molecule has 0 aromatic rings. The molecule has 0 bridgehead atoms. The Hall–Kier alpha value is -0.650. The molecule has 1 aliphatic heterocycles. The van der Waals surface area contributed by atoms with Gasteiger partial charge in [0.05, 0.1) is 25.3 Å². The first-order chi connectivity index (χ1) is 7.19. The zero-order valence-electron chi connectivity index (χ0n) is 9.07. The SMILES string of the molecule is CC1CCCNC1C(=O)NC(CO)CO. The molecular weight excluding hydrogens is 196 g/mol. The Labute approximate surface area is 89.9 Å². The lowest BCUT2D eigenvalue weighted by molar-refractivity contribution is -0.126. The number of hydrogen-bond donors (Lipinski definition) is 4. The molecule has 5 nitrogen and oxygen atoms in total. The monoisotopic (exact) mass is 216 g/mol. The molecule has 88 valence electrons. The molecule has 1 amide bonds. The van der Waals surface area contributed by atoms with E-state index in [1.807, 2.05) is 6.92 Å². The molecule has 1 heterocycles. The van der Waals surface area contributed by atoms with Crippen molar-refractivity contribution in [3.63, 3.8) is 0 Å². The van der Waals surface area contributed by atoms with Gasteiger partial charge in [0.1, 0.15) is 0 Å². The molecule has 0 aliphatic carbocycles. The highest BCUT2D eigenvalue weighted by Crippen LogP contribution is 2.15. The average molecular weight is 216 g/mol. The Bertz CT molecular complexity index is 207. The Morgan fingerprint density at radius 1 is 1.53 bits per heavy atom. The summed E-state index contributed by atoms with van der Waals surface area (Å²) in [6.45, 7) is 2.42. The van der Waals surface area contributed by atoms with Crippen LogP contribution >= 0.6 is 0 Å². The van der Waals surface area contributed by atoms with Gasteiger partial charge in [-0.05, 0) is 25.3 Å². The minimum Gasteiger partial charge on any atom is -0.394 e. The lowest BCUT2D eigenvalue weighted by atomic mass is 9.92. The van der Waals surface area contributed by atoms with Gasteiger partial charge < -0.3 is 20.8 Å². The number of nitrogens with one attached hydrogen (secondary N) is 2. The molecule has 0 spiro atoms. The first kappa shape index (κ1) is 12.4. The molecule has 1 rings (SSSR count). The van der Waals surface area contributed by atoms with E-state index in [0.717, 1.165) is 19.4 Å². The zero-order valence-corrected chi connectivity index (χ0v) is 9.07. The van der Waals surface area contributed by atoms with Crippen LogP contribution in [-0.2, 0) is 4.79 Å². The highest BCUT2D eigenvalue weighted by Gasteiger charge is 2.28. The van der Waals surface area contributed by atoms with Crippen molar-refractivity contribution in [1.82, 2.24) is 10.6 Å². The van der Waals surface area contributed by atoms with Crippen molar-refractivity contribution < 1.29 is 15.0 Å². The molecule has 1 saturated heterocycles. The molecule has 4 N–H and O–H groups in total. The number of carbonyl (C=O) groups is 1. The summed E-state index contributed by atoms with van der Waals surface area (Å²) in [7, 11) is 0. The van der Waals surface area contributed by atoms with Gasteiger partial charge in [0, 0.05) is 0 Å². The fourth-order valence-electron chi connectivity index (χ4n) is 1.84. The van der Waals surface area contributed by atoms with E-state index in [-0.39, 0.29) is 25.2 Å². The highest BCUT2D eigenvalue weighted by atomic mass is 16.3. The molecule has 2 atom stereocenters. The molecule has 0 saturated carbocycles. The van der Waals surface area contributed by atoms with Crippen LogP contribution in [0.5, 0.6) is 0 Å². The van der Waals surface area contributed by atoms with Crippen molar-refractivity contribution in [2.75, 3.05) is 19.8 Å². The van der Waals surface area contributed by atoms with Crippen molar-refractivity contribution >= 4 is 5.91 Å². The molecule has 0 aromatic carbocycles. The van der Waals surface area contributed by atoms with Crippen LogP contribution in [0.4, 0.5) is 0 Å². The van der Waals surface area contributed by atoms with Crippen LogP contribution in [0, 0.1) is 5.92 Å². The van der Waals surface area contributed by atoms with Crippen LogP contribution in [0.25, 0.3) is 0 Å². The van der Waals surface area contributed by atoms with Crippen LogP contribution in [0.2, 0.25) is 0 Å². The van der Waals surface area contributed by atoms with Gasteiger partial charge in [-0.2, -0.15) is 0 Å². The maximum Gasteiger partial charge on any atom is 0.237 e. The molecule has 0 radical (unpaired) electrons. The average Bonchev–Trinajstić information content (AvgIpc) is 2.26. The molecule has 2 unspecified atom stereocenters. The second-order valence-corrected chi connectivity index (χ2v) is 4.12. The van der Waals surface area contributed by atoms with Crippen molar-refractivity contribution in [3.8, 4) is 0 Å². The van der Waals surface area contributed by atoms with Gasteiger partial charge in [0.15, 0.2) is 0 Å². The van der Waals surface area contributed by atoms with Crippen molar-refractivity contribution in [3.05, 3.63) is 0 Å². The Balaban J connectivity index is 2.44. The summed E-state index contributed by atoms with van der Waals surface area (Å²) < 4.78 is 0. The molecule has 1 aliphatic rings. The maximum atomic E-state index is 11.7. The number of amides is 1. The van der Waals surface area contributed by atoms with Gasteiger partial charge in [0.2, 0.25) is 5.91 Å². The molecule has 1 fully saturated rings. The summed E-state index contributed by atoms with van der Waals surface area (Å²) >= 11 is 0. The minimum atomic E-state index is -0.548. The largest absolute Gasteiger partial charge is 0.394 e. The Kier molecular flexibility index (Phi) is 5.01. The summed E-state index contributed by atoms with van der Waals surface area (Å²) in [5.41, 5.74) is 0. The lowest BCUT2D eigenvalue weighted by Gasteiger charge is -2.30.